The zero-order chi connectivity index (χ0) is 22.6. The Bertz CT molecular complexity index is 1930. The van der Waals surface area contributed by atoms with Gasteiger partial charge in [-0.2, -0.15) is 5.26 Å². The Hall–Kier alpha value is -4.88. The number of para-hydroxylation sites is 2. The highest BCUT2D eigenvalue weighted by Gasteiger charge is 2.18. The van der Waals surface area contributed by atoms with E-state index < -0.39 is 0 Å². The van der Waals surface area contributed by atoms with Crippen LogP contribution < -0.4 is 0 Å². The van der Waals surface area contributed by atoms with Gasteiger partial charge in [0.15, 0.2) is 5.58 Å². The van der Waals surface area contributed by atoms with Crippen LogP contribution in [0.15, 0.2) is 108 Å². The Kier molecular flexibility index (Phi) is 3.88. The summed E-state index contributed by atoms with van der Waals surface area (Å²) < 4.78 is 8.72. The molecule has 7 aromatic rings. The summed E-state index contributed by atoms with van der Waals surface area (Å²) >= 11 is 0. The number of fused-ring (bicyclic) bond motifs is 7. The molecular formula is C30H17N3O. The molecule has 34 heavy (non-hydrogen) atoms. The molecule has 0 spiro atoms. The zero-order valence-corrected chi connectivity index (χ0v) is 18.1. The number of benzene rings is 4. The molecule has 0 amide bonds. The summed E-state index contributed by atoms with van der Waals surface area (Å²) in [5.41, 5.74) is 7.37. The molecule has 3 aromatic heterocycles. The van der Waals surface area contributed by atoms with E-state index in [4.69, 9.17) is 4.42 Å². The third kappa shape index (κ3) is 2.61. The van der Waals surface area contributed by atoms with E-state index in [2.05, 4.69) is 82.4 Å². The standard InChI is InChI=1S/C30H17N3O/c31-18-21-16-20(14-15-32-21)19-6-5-7-22(17-19)33-27-10-3-1-8-23(27)25-12-13-26-24-9-2-4-11-28(24)34-30(26)29(25)33/h1-17H. The third-order valence-electron chi connectivity index (χ3n) is 6.49. The minimum atomic E-state index is 0.406. The average molecular weight is 435 g/mol. The maximum atomic E-state index is 9.28. The first kappa shape index (κ1) is 18.7. The van der Waals surface area contributed by atoms with Crippen LogP contribution in [0.1, 0.15) is 5.69 Å². The monoisotopic (exact) mass is 435 g/mol. The fourth-order valence-corrected chi connectivity index (χ4v) is 4.99. The SMILES string of the molecule is N#Cc1cc(-c2cccc(-n3c4ccccc4c4ccc5c6ccccc6oc5c43)c2)ccn1. The molecule has 0 atom stereocenters. The fourth-order valence-electron chi connectivity index (χ4n) is 4.99. The second-order valence-electron chi connectivity index (χ2n) is 8.38. The lowest BCUT2D eigenvalue weighted by Gasteiger charge is -2.10. The van der Waals surface area contributed by atoms with Crippen molar-refractivity contribution >= 4 is 43.7 Å². The smallest absolute Gasteiger partial charge is 0.160 e. The summed E-state index contributed by atoms with van der Waals surface area (Å²) in [4.78, 5) is 4.11. The lowest BCUT2D eigenvalue weighted by Crippen LogP contribution is -1.95. The molecule has 7 rings (SSSR count). The van der Waals surface area contributed by atoms with Crippen molar-refractivity contribution in [1.82, 2.24) is 9.55 Å². The van der Waals surface area contributed by atoms with Gasteiger partial charge in [-0.25, -0.2) is 4.98 Å². The molecule has 0 bridgehead atoms. The van der Waals surface area contributed by atoms with Gasteiger partial charge in [-0.3, -0.25) is 0 Å². The van der Waals surface area contributed by atoms with Crippen molar-refractivity contribution in [2.45, 2.75) is 0 Å². The Morgan fingerprint density at radius 3 is 2.41 bits per heavy atom. The molecule has 0 fully saturated rings. The Morgan fingerprint density at radius 2 is 1.50 bits per heavy atom. The summed E-state index contributed by atoms with van der Waals surface area (Å²) in [5.74, 6) is 0. The van der Waals surface area contributed by atoms with Gasteiger partial charge in [0.1, 0.15) is 17.3 Å². The van der Waals surface area contributed by atoms with Crippen LogP contribution in [-0.4, -0.2) is 9.55 Å². The zero-order valence-electron chi connectivity index (χ0n) is 18.1. The number of rotatable bonds is 2. The Balaban J connectivity index is 1.59. The van der Waals surface area contributed by atoms with Crippen LogP contribution in [0.2, 0.25) is 0 Å². The Labute approximate surface area is 194 Å². The molecular weight excluding hydrogens is 418 g/mol. The molecule has 4 aromatic carbocycles. The molecule has 0 saturated heterocycles. The normalized spacial score (nSPS) is 11.5. The van der Waals surface area contributed by atoms with Crippen molar-refractivity contribution in [3.8, 4) is 22.9 Å². The number of hydrogen-bond donors (Lipinski definition) is 0. The van der Waals surface area contributed by atoms with Crippen LogP contribution >= 0.6 is 0 Å². The summed E-state index contributed by atoms with van der Waals surface area (Å²) in [6, 6.07) is 35.3. The first-order valence-electron chi connectivity index (χ1n) is 11.1. The van der Waals surface area contributed by atoms with E-state index in [9.17, 15) is 5.26 Å². The molecule has 0 N–H and O–H groups in total. The van der Waals surface area contributed by atoms with E-state index >= 15 is 0 Å². The van der Waals surface area contributed by atoms with Gasteiger partial charge < -0.3 is 8.98 Å². The first-order valence-corrected chi connectivity index (χ1v) is 11.1. The van der Waals surface area contributed by atoms with Gasteiger partial charge in [0.2, 0.25) is 0 Å². The van der Waals surface area contributed by atoms with Gasteiger partial charge >= 0.3 is 0 Å². The molecule has 0 unspecified atom stereocenters. The molecule has 4 nitrogen and oxygen atoms in total. The van der Waals surface area contributed by atoms with E-state index in [0.717, 1.165) is 55.2 Å². The predicted octanol–water partition coefficient (Wildman–Crippen LogP) is 7.62. The number of pyridine rings is 1. The second kappa shape index (κ2) is 7.06. The fraction of sp³-hybridized carbons (Fsp3) is 0. The molecule has 4 heteroatoms. The van der Waals surface area contributed by atoms with Gasteiger partial charge in [-0.15, -0.1) is 0 Å². The van der Waals surface area contributed by atoms with E-state index in [-0.39, 0.29) is 0 Å². The van der Waals surface area contributed by atoms with Crippen LogP contribution in [0.4, 0.5) is 0 Å². The summed E-state index contributed by atoms with van der Waals surface area (Å²) in [6.07, 6.45) is 1.68. The highest BCUT2D eigenvalue weighted by atomic mass is 16.3. The first-order chi connectivity index (χ1) is 16.8. The highest BCUT2D eigenvalue weighted by Crippen LogP contribution is 2.40. The van der Waals surface area contributed by atoms with Crippen molar-refractivity contribution in [2.24, 2.45) is 0 Å². The van der Waals surface area contributed by atoms with Crippen molar-refractivity contribution in [3.05, 3.63) is 109 Å². The van der Waals surface area contributed by atoms with Crippen molar-refractivity contribution in [1.29, 1.82) is 5.26 Å². The van der Waals surface area contributed by atoms with E-state index in [0.29, 0.717) is 5.69 Å². The minimum absolute atomic E-state index is 0.406. The molecule has 0 aliphatic rings. The van der Waals surface area contributed by atoms with Gasteiger partial charge in [0.05, 0.1) is 11.0 Å². The number of furan rings is 1. The number of nitriles is 1. The summed E-state index contributed by atoms with van der Waals surface area (Å²) in [5, 5.41) is 13.8. The lowest BCUT2D eigenvalue weighted by atomic mass is 10.1. The van der Waals surface area contributed by atoms with Crippen molar-refractivity contribution in [3.63, 3.8) is 0 Å². The second-order valence-corrected chi connectivity index (χ2v) is 8.38. The largest absolute Gasteiger partial charge is 0.454 e. The van der Waals surface area contributed by atoms with E-state index in [1.54, 1.807) is 6.20 Å². The van der Waals surface area contributed by atoms with Gasteiger partial charge in [0.25, 0.3) is 0 Å². The predicted molar refractivity (Wildman–Crippen MR) is 136 cm³/mol. The Morgan fingerprint density at radius 1 is 0.706 bits per heavy atom. The summed E-state index contributed by atoms with van der Waals surface area (Å²) in [6.45, 7) is 0. The van der Waals surface area contributed by atoms with Crippen LogP contribution in [0, 0.1) is 11.3 Å². The number of nitrogens with zero attached hydrogens (tertiary/aromatic N) is 3. The van der Waals surface area contributed by atoms with Gasteiger partial charge in [-0.1, -0.05) is 54.6 Å². The van der Waals surface area contributed by atoms with E-state index in [1.807, 2.05) is 30.3 Å². The van der Waals surface area contributed by atoms with Crippen LogP contribution in [0.5, 0.6) is 0 Å². The topological polar surface area (TPSA) is 54.8 Å². The molecule has 158 valence electrons. The van der Waals surface area contributed by atoms with E-state index in [1.165, 1.54) is 5.39 Å². The molecule has 0 saturated carbocycles. The maximum Gasteiger partial charge on any atom is 0.160 e. The molecule has 0 aliphatic carbocycles. The van der Waals surface area contributed by atoms with Crippen LogP contribution in [-0.2, 0) is 0 Å². The van der Waals surface area contributed by atoms with Crippen LogP contribution in [0.3, 0.4) is 0 Å². The molecule has 0 radical (unpaired) electrons. The third-order valence-corrected chi connectivity index (χ3v) is 6.49. The molecule has 0 aliphatic heterocycles. The number of hydrogen-bond acceptors (Lipinski definition) is 3. The highest BCUT2D eigenvalue weighted by molar-refractivity contribution is 6.21. The minimum Gasteiger partial charge on any atom is -0.454 e. The average Bonchev–Trinajstić information content (AvgIpc) is 3.45. The quantitative estimate of drug-likeness (QED) is 0.281. The molecule has 3 heterocycles. The maximum absolute atomic E-state index is 9.28. The van der Waals surface area contributed by atoms with Crippen LogP contribution in [0.25, 0.3) is 60.6 Å². The summed E-state index contributed by atoms with van der Waals surface area (Å²) in [7, 11) is 0. The van der Waals surface area contributed by atoms with Crippen molar-refractivity contribution < 1.29 is 4.42 Å². The van der Waals surface area contributed by atoms with Gasteiger partial charge in [0, 0.05) is 33.4 Å². The van der Waals surface area contributed by atoms with Gasteiger partial charge in [-0.05, 0) is 53.6 Å². The lowest BCUT2D eigenvalue weighted by molar-refractivity contribution is 0.671. The van der Waals surface area contributed by atoms with Crippen molar-refractivity contribution in [2.75, 3.05) is 0 Å². The number of aromatic nitrogens is 2.